The van der Waals surface area contributed by atoms with Gasteiger partial charge in [-0.25, -0.2) is 9.97 Å². The fraction of sp³-hybridized carbons (Fsp3) is 0.0476. The number of aryl methyl sites for hydroxylation is 2. The van der Waals surface area contributed by atoms with Gasteiger partial charge in [-0.1, -0.05) is 109 Å². The summed E-state index contributed by atoms with van der Waals surface area (Å²) in [4.78, 5) is 9.77. The second kappa shape index (κ2) is 10.3. The van der Waals surface area contributed by atoms with Crippen LogP contribution in [-0.4, -0.2) is 19.1 Å². The highest BCUT2D eigenvalue weighted by Gasteiger charge is 2.12. The molecule has 9 rings (SSSR count). The van der Waals surface area contributed by atoms with Gasteiger partial charge in [-0.3, -0.25) is 0 Å². The molecule has 0 saturated carbocycles. The predicted molar refractivity (Wildman–Crippen MR) is 192 cm³/mol. The van der Waals surface area contributed by atoms with Gasteiger partial charge in [0.15, 0.2) is 0 Å². The molecule has 2 heterocycles. The minimum absolute atomic E-state index is 0.978. The molecule has 9 aromatic rings. The van der Waals surface area contributed by atoms with Crippen LogP contribution in [0.2, 0.25) is 0 Å². The molecule has 0 amide bonds. The highest BCUT2D eigenvalue weighted by molar-refractivity contribution is 6.10. The fourth-order valence-corrected chi connectivity index (χ4v) is 6.84. The number of rotatable bonds is 4. The van der Waals surface area contributed by atoms with Crippen molar-refractivity contribution in [3.05, 3.63) is 146 Å². The molecular weight excluding hydrogens is 560 g/mol. The second-order valence-electron chi connectivity index (χ2n) is 12.1. The van der Waals surface area contributed by atoms with E-state index >= 15 is 0 Å². The zero-order chi connectivity index (χ0) is 30.8. The van der Waals surface area contributed by atoms with Crippen molar-refractivity contribution in [2.75, 3.05) is 0 Å². The van der Waals surface area contributed by atoms with Gasteiger partial charge in [0.25, 0.3) is 0 Å². The Morgan fingerprint density at radius 1 is 0.370 bits per heavy atom. The molecule has 0 fully saturated rings. The predicted octanol–water partition coefficient (Wildman–Crippen LogP) is 10.4. The number of nitrogens with zero attached hydrogens (tertiary/aromatic N) is 4. The average Bonchev–Trinajstić information content (AvgIpc) is 3.64. The first-order chi connectivity index (χ1) is 22.6. The minimum atomic E-state index is 0.978. The maximum absolute atomic E-state index is 4.88. The Hall–Kier alpha value is -6.00. The van der Waals surface area contributed by atoms with Crippen molar-refractivity contribution in [1.82, 2.24) is 19.1 Å². The third-order valence-electron chi connectivity index (χ3n) is 9.37. The van der Waals surface area contributed by atoms with E-state index in [-0.39, 0.29) is 0 Å². The third-order valence-corrected chi connectivity index (χ3v) is 9.37. The highest BCUT2D eigenvalue weighted by Crippen LogP contribution is 2.35. The summed E-state index contributed by atoms with van der Waals surface area (Å²) >= 11 is 0. The van der Waals surface area contributed by atoms with Gasteiger partial charge >= 0.3 is 0 Å². The smallest absolute Gasteiger partial charge is 0.140 e. The lowest BCUT2D eigenvalue weighted by Crippen LogP contribution is -1.92. The summed E-state index contributed by atoms with van der Waals surface area (Å²) in [6.45, 7) is 0. The van der Waals surface area contributed by atoms with E-state index in [0.29, 0.717) is 0 Å². The summed E-state index contributed by atoms with van der Waals surface area (Å²) in [6.07, 6.45) is 0. The van der Waals surface area contributed by atoms with Crippen molar-refractivity contribution in [2.45, 2.75) is 0 Å². The number of benzene rings is 7. The molecule has 0 aliphatic carbocycles. The average molecular weight is 591 g/mol. The maximum Gasteiger partial charge on any atom is 0.140 e. The number of para-hydroxylation sites is 4. The Labute approximate surface area is 266 Å². The zero-order valence-corrected chi connectivity index (χ0v) is 25.6. The normalized spacial score (nSPS) is 11.7. The van der Waals surface area contributed by atoms with Crippen LogP contribution in [0.25, 0.3) is 88.6 Å². The summed E-state index contributed by atoms with van der Waals surface area (Å²) in [5.74, 6) is 1.96. The van der Waals surface area contributed by atoms with Crippen molar-refractivity contribution in [1.29, 1.82) is 0 Å². The van der Waals surface area contributed by atoms with Crippen LogP contribution in [0, 0.1) is 0 Å². The lowest BCUT2D eigenvalue weighted by molar-refractivity contribution is 0.959. The van der Waals surface area contributed by atoms with E-state index in [9.17, 15) is 0 Å². The second-order valence-corrected chi connectivity index (χ2v) is 12.1. The molecule has 0 aliphatic heterocycles. The molecule has 0 spiro atoms. The summed E-state index contributed by atoms with van der Waals surface area (Å²) in [7, 11) is 4.16. The first-order valence-electron chi connectivity index (χ1n) is 15.6. The van der Waals surface area contributed by atoms with Crippen LogP contribution in [0.1, 0.15) is 0 Å². The summed E-state index contributed by atoms with van der Waals surface area (Å²) < 4.78 is 4.33. The third kappa shape index (κ3) is 4.22. The molecule has 0 atom stereocenters. The monoisotopic (exact) mass is 590 g/mol. The summed E-state index contributed by atoms with van der Waals surface area (Å²) in [5.41, 5.74) is 11.3. The van der Waals surface area contributed by atoms with Crippen molar-refractivity contribution < 1.29 is 0 Å². The van der Waals surface area contributed by atoms with Crippen LogP contribution in [0.15, 0.2) is 146 Å². The Morgan fingerprint density at radius 2 is 0.717 bits per heavy atom. The first kappa shape index (κ1) is 26.4. The Balaban J connectivity index is 1.07. The van der Waals surface area contributed by atoms with Gasteiger partial charge in [-0.15, -0.1) is 0 Å². The van der Waals surface area contributed by atoms with E-state index in [0.717, 1.165) is 44.8 Å². The van der Waals surface area contributed by atoms with Crippen LogP contribution in [0.5, 0.6) is 0 Å². The topological polar surface area (TPSA) is 35.6 Å². The van der Waals surface area contributed by atoms with Gasteiger partial charge in [0.05, 0.1) is 22.1 Å². The Bertz CT molecular complexity index is 2400. The van der Waals surface area contributed by atoms with Crippen LogP contribution in [-0.2, 0) is 14.1 Å². The lowest BCUT2D eigenvalue weighted by atomic mass is 9.94. The molecule has 4 heteroatoms. The highest BCUT2D eigenvalue weighted by atomic mass is 15.1. The Kier molecular flexibility index (Phi) is 5.90. The van der Waals surface area contributed by atoms with Crippen LogP contribution in [0.4, 0.5) is 0 Å². The molecule has 0 saturated heterocycles. The zero-order valence-electron chi connectivity index (χ0n) is 25.6. The van der Waals surface area contributed by atoms with Gasteiger partial charge < -0.3 is 9.13 Å². The number of imidazole rings is 2. The number of hydrogen-bond acceptors (Lipinski definition) is 2. The molecule has 218 valence electrons. The molecular formula is C42H30N4. The van der Waals surface area contributed by atoms with Crippen molar-refractivity contribution in [3.63, 3.8) is 0 Å². The summed E-state index contributed by atoms with van der Waals surface area (Å²) in [6, 6.07) is 52.1. The molecule has 0 N–H and O–H groups in total. The number of fused-ring (bicyclic) bond motifs is 5. The van der Waals surface area contributed by atoms with E-state index in [4.69, 9.17) is 9.97 Å². The molecule has 0 radical (unpaired) electrons. The van der Waals surface area contributed by atoms with Crippen LogP contribution < -0.4 is 0 Å². The maximum atomic E-state index is 4.88. The van der Waals surface area contributed by atoms with Crippen LogP contribution in [0.3, 0.4) is 0 Å². The van der Waals surface area contributed by atoms with Crippen LogP contribution >= 0.6 is 0 Å². The molecule has 7 aromatic carbocycles. The van der Waals surface area contributed by atoms with Gasteiger partial charge in [0.2, 0.25) is 0 Å². The van der Waals surface area contributed by atoms with E-state index < -0.39 is 0 Å². The molecule has 46 heavy (non-hydrogen) atoms. The quantitative estimate of drug-likeness (QED) is 0.191. The van der Waals surface area contributed by atoms with E-state index in [2.05, 4.69) is 157 Å². The number of hydrogen-bond donors (Lipinski definition) is 0. The molecule has 4 nitrogen and oxygen atoms in total. The van der Waals surface area contributed by atoms with Gasteiger partial charge in [0, 0.05) is 25.2 Å². The van der Waals surface area contributed by atoms with E-state index in [1.54, 1.807) is 0 Å². The standard InChI is InChI=1S/C42H30N4/c1-45-39-9-5-3-7-37(39)43-41(45)31-19-11-27(12-20-31)33-23-17-29-15-16-30-18-24-34(26-36(30)35(29)25-33)28-13-21-32(22-14-28)42-44-38-8-4-6-10-40(38)46(42)2/h3-26H,1-2H3. The molecule has 2 aromatic heterocycles. The summed E-state index contributed by atoms with van der Waals surface area (Å²) in [5, 5.41) is 4.99. The minimum Gasteiger partial charge on any atom is -0.327 e. The first-order valence-corrected chi connectivity index (χ1v) is 15.6. The van der Waals surface area contributed by atoms with Crippen molar-refractivity contribution in [2.24, 2.45) is 14.1 Å². The van der Waals surface area contributed by atoms with Crippen molar-refractivity contribution in [3.8, 4) is 45.0 Å². The van der Waals surface area contributed by atoms with Gasteiger partial charge in [-0.05, 0) is 80.2 Å². The Morgan fingerprint density at radius 3 is 1.13 bits per heavy atom. The lowest BCUT2D eigenvalue weighted by Gasteiger charge is -2.11. The van der Waals surface area contributed by atoms with Gasteiger partial charge in [0.1, 0.15) is 11.6 Å². The van der Waals surface area contributed by atoms with Crippen molar-refractivity contribution >= 4 is 43.6 Å². The molecule has 0 bridgehead atoms. The molecule has 0 unspecified atom stereocenters. The van der Waals surface area contributed by atoms with Gasteiger partial charge in [-0.2, -0.15) is 0 Å². The van der Waals surface area contributed by atoms with E-state index in [1.807, 2.05) is 12.1 Å². The van der Waals surface area contributed by atoms with E-state index in [1.165, 1.54) is 43.8 Å². The SMILES string of the molecule is Cn1c(-c2ccc(-c3ccc4ccc5ccc(-c6ccc(-c7nc8ccccc8n7C)cc6)cc5c4c3)cc2)nc2ccccc21. The fourth-order valence-electron chi connectivity index (χ4n) is 6.84. The largest absolute Gasteiger partial charge is 0.327 e. The number of aromatic nitrogens is 4. The molecule has 0 aliphatic rings.